The Bertz CT molecular complexity index is 1280. The third kappa shape index (κ3) is 6.77. The summed E-state index contributed by atoms with van der Waals surface area (Å²) in [6, 6.07) is 16.5. The second kappa shape index (κ2) is 11.1. The number of ether oxygens (including phenoxy) is 1. The second-order valence-electron chi connectivity index (χ2n) is 7.42. The molecule has 2 aromatic carbocycles. The number of anilines is 2. The van der Waals surface area contributed by atoms with Gasteiger partial charge in [0.05, 0.1) is 31.0 Å². The van der Waals surface area contributed by atoms with Crippen LogP contribution >= 0.6 is 11.3 Å². The van der Waals surface area contributed by atoms with Crippen molar-refractivity contribution in [1.82, 2.24) is 9.71 Å². The summed E-state index contributed by atoms with van der Waals surface area (Å²) < 4.78 is 30.5. The molecule has 0 saturated heterocycles. The fourth-order valence-electron chi connectivity index (χ4n) is 3.04. The van der Waals surface area contributed by atoms with E-state index in [0.717, 1.165) is 17.5 Å². The highest BCUT2D eigenvalue weighted by Gasteiger charge is 2.22. The van der Waals surface area contributed by atoms with Crippen molar-refractivity contribution >= 4 is 38.1 Å². The van der Waals surface area contributed by atoms with E-state index in [1.54, 1.807) is 31.2 Å². The van der Waals surface area contributed by atoms with Gasteiger partial charge in [-0.1, -0.05) is 12.1 Å². The fraction of sp³-hybridized carbons (Fsp3) is 0.261. The van der Waals surface area contributed by atoms with Crippen LogP contribution in [0.2, 0.25) is 0 Å². The monoisotopic (exact) mass is 500 g/mol. The van der Waals surface area contributed by atoms with E-state index in [0.29, 0.717) is 40.9 Å². The molecule has 0 aliphatic carbocycles. The fourth-order valence-corrected chi connectivity index (χ4v) is 4.40. The Morgan fingerprint density at radius 3 is 2.47 bits per heavy atom. The molecule has 0 bridgehead atoms. The Morgan fingerprint density at radius 2 is 1.88 bits per heavy atom. The van der Waals surface area contributed by atoms with E-state index in [9.17, 15) is 13.2 Å². The number of benzene rings is 2. The van der Waals surface area contributed by atoms with Crippen LogP contribution < -0.4 is 14.4 Å². The van der Waals surface area contributed by atoms with Crippen LogP contribution in [-0.4, -0.2) is 43.9 Å². The van der Waals surface area contributed by atoms with Crippen molar-refractivity contribution in [3.63, 3.8) is 0 Å². The van der Waals surface area contributed by atoms with Gasteiger partial charge in [0.2, 0.25) is 10.0 Å². The number of hydrogen-bond donors (Lipinski definition) is 2. The van der Waals surface area contributed by atoms with Gasteiger partial charge in [0.15, 0.2) is 5.13 Å². The van der Waals surface area contributed by atoms with E-state index < -0.39 is 15.9 Å². The number of amides is 1. The van der Waals surface area contributed by atoms with Gasteiger partial charge in [0, 0.05) is 23.6 Å². The number of aryl methyl sites for hydroxylation is 1. The minimum atomic E-state index is -3.73. The number of aromatic nitrogens is 1. The largest absolute Gasteiger partial charge is 0.494 e. The maximum atomic E-state index is 12.4. The zero-order valence-electron chi connectivity index (χ0n) is 18.7. The molecule has 2 N–H and O–H groups in total. The molecule has 34 heavy (non-hydrogen) atoms. The van der Waals surface area contributed by atoms with Crippen LogP contribution in [0.5, 0.6) is 5.75 Å². The average molecular weight is 501 g/mol. The van der Waals surface area contributed by atoms with Crippen molar-refractivity contribution in [3.05, 3.63) is 70.2 Å². The van der Waals surface area contributed by atoms with Crippen molar-refractivity contribution in [2.24, 2.45) is 0 Å². The Labute approximate surface area is 202 Å². The molecule has 3 aromatic rings. The molecule has 1 aromatic heterocycles. The zero-order valence-corrected chi connectivity index (χ0v) is 20.3. The minimum Gasteiger partial charge on any atom is -0.494 e. The molecule has 0 saturated carbocycles. The maximum absolute atomic E-state index is 12.4. The number of sulfonamides is 1. The second-order valence-corrected chi connectivity index (χ2v) is 10.3. The van der Waals surface area contributed by atoms with Gasteiger partial charge in [0.1, 0.15) is 11.4 Å². The highest BCUT2D eigenvalue weighted by Crippen LogP contribution is 2.33. The number of nitrogens with one attached hydrogen (secondary N) is 1. The number of nitriles is 1. The smallest absolute Gasteiger partial charge is 0.284 e. The van der Waals surface area contributed by atoms with Gasteiger partial charge in [-0.05, 0) is 48.9 Å². The molecule has 0 spiro atoms. The molecule has 9 nitrogen and oxygen atoms in total. The first kappa shape index (κ1) is 25.2. The van der Waals surface area contributed by atoms with Crippen LogP contribution in [0.1, 0.15) is 32.9 Å². The quantitative estimate of drug-likeness (QED) is 0.406. The molecular weight excluding hydrogens is 476 g/mol. The van der Waals surface area contributed by atoms with Gasteiger partial charge in [0.25, 0.3) is 5.91 Å². The summed E-state index contributed by atoms with van der Waals surface area (Å²) in [5.74, 6) is -0.0985. The Kier molecular flexibility index (Phi) is 8.22. The van der Waals surface area contributed by atoms with E-state index in [4.69, 9.17) is 15.1 Å². The molecule has 178 valence electrons. The molecule has 0 aliphatic rings. The highest BCUT2D eigenvalue weighted by molar-refractivity contribution is 7.89. The maximum Gasteiger partial charge on any atom is 0.284 e. The first-order valence-electron chi connectivity index (χ1n) is 10.3. The summed E-state index contributed by atoms with van der Waals surface area (Å²) in [5, 5.41) is 18.5. The molecule has 0 atom stereocenters. The Balaban J connectivity index is 1.91. The van der Waals surface area contributed by atoms with Gasteiger partial charge in [-0.25, -0.2) is 18.1 Å². The third-order valence-electron chi connectivity index (χ3n) is 4.65. The first-order valence-corrected chi connectivity index (χ1v) is 13.0. The van der Waals surface area contributed by atoms with Crippen molar-refractivity contribution in [2.75, 3.05) is 24.4 Å². The lowest BCUT2D eigenvalue weighted by molar-refractivity contribution is 0.0977. The number of carbonyl (C=O) groups is 1. The van der Waals surface area contributed by atoms with Gasteiger partial charge in [-0.15, -0.1) is 11.3 Å². The van der Waals surface area contributed by atoms with E-state index in [1.807, 2.05) is 33.9 Å². The van der Waals surface area contributed by atoms with Gasteiger partial charge >= 0.3 is 0 Å². The molecular formula is C23H24N4O5S2. The standard InChI is InChI=1S/C23H24N4O5S2/c1-16-21(22(29)26-34(2,30)31)25-23(33-16)27(19-8-4-17(14-24)5-9-19)15-18-6-10-20(11-7-18)32-13-3-12-28/h4-11,28H,3,12-13,15H2,1-2H3,(H,26,29). The summed E-state index contributed by atoms with van der Waals surface area (Å²) in [6.45, 7) is 2.59. The van der Waals surface area contributed by atoms with Crippen molar-refractivity contribution < 1.29 is 23.1 Å². The van der Waals surface area contributed by atoms with E-state index in [1.165, 1.54) is 11.3 Å². The first-order chi connectivity index (χ1) is 16.2. The van der Waals surface area contributed by atoms with Crippen molar-refractivity contribution in [3.8, 4) is 11.8 Å². The van der Waals surface area contributed by atoms with Gasteiger partial charge in [-0.2, -0.15) is 5.26 Å². The zero-order chi connectivity index (χ0) is 24.7. The van der Waals surface area contributed by atoms with Crippen LogP contribution in [0.4, 0.5) is 10.8 Å². The summed E-state index contributed by atoms with van der Waals surface area (Å²) >= 11 is 1.26. The lowest BCUT2D eigenvalue weighted by Crippen LogP contribution is -2.30. The molecule has 3 rings (SSSR count). The number of aliphatic hydroxyl groups excluding tert-OH is 1. The number of nitrogens with zero attached hydrogens (tertiary/aromatic N) is 3. The SMILES string of the molecule is Cc1sc(N(Cc2ccc(OCCCO)cc2)c2ccc(C#N)cc2)nc1C(=O)NS(C)(=O)=O. The lowest BCUT2D eigenvalue weighted by Gasteiger charge is -2.22. The lowest BCUT2D eigenvalue weighted by atomic mass is 10.1. The topological polar surface area (TPSA) is 133 Å². The normalized spacial score (nSPS) is 11.0. The highest BCUT2D eigenvalue weighted by atomic mass is 32.2. The number of rotatable bonds is 10. The predicted molar refractivity (Wildman–Crippen MR) is 130 cm³/mol. The van der Waals surface area contributed by atoms with Crippen molar-refractivity contribution in [2.45, 2.75) is 19.9 Å². The average Bonchev–Trinajstić information content (AvgIpc) is 3.19. The van der Waals surface area contributed by atoms with E-state index >= 15 is 0 Å². The van der Waals surface area contributed by atoms with Crippen LogP contribution in [0.15, 0.2) is 48.5 Å². The summed E-state index contributed by atoms with van der Waals surface area (Å²) in [5.41, 5.74) is 2.24. The van der Waals surface area contributed by atoms with Crippen LogP contribution in [0.3, 0.4) is 0 Å². The van der Waals surface area contributed by atoms with Gasteiger partial charge in [-0.3, -0.25) is 4.79 Å². The van der Waals surface area contributed by atoms with Crippen LogP contribution in [-0.2, 0) is 16.6 Å². The summed E-state index contributed by atoms with van der Waals surface area (Å²) in [6.07, 6.45) is 1.46. The molecule has 0 unspecified atom stereocenters. The molecule has 1 heterocycles. The van der Waals surface area contributed by atoms with E-state index in [2.05, 4.69) is 11.1 Å². The van der Waals surface area contributed by atoms with Crippen LogP contribution in [0.25, 0.3) is 0 Å². The Hall–Kier alpha value is -3.46. The predicted octanol–water partition coefficient (Wildman–Crippen LogP) is 3.11. The Morgan fingerprint density at radius 1 is 1.21 bits per heavy atom. The summed E-state index contributed by atoms with van der Waals surface area (Å²) in [7, 11) is -3.73. The number of hydrogen-bond acceptors (Lipinski definition) is 9. The third-order valence-corrected chi connectivity index (χ3v) is 6.20. The van der Waals surface area contributed by atoms with Crippen LogP contribution in [0, 0.1) is 18.3 Å². The molecule has 0 fully saturated rings. The molecule has 0 aliphatic heterocycles. The summed E-state index contributed by atoms with van der Waals surface area (Å²) in [4.78, 5) is 19.3. The molecule has 0 radical (unpaired) electrons. The molecule has 11 heteroatoms. The van der Waals surface area contributed by atoms with Crippen molar-refractivity contribution in [1.29, 1.82) is 5.26 Å². The molecule has 1 amide bonds. The number of aliphatic hydroxyl groups is 1. The number of thiazole rings is 1. The number of carbonyl (C=O) groups excluding carboxylic acids is 1. The van der Waals surface area contributed by atoms with Gasteiger partial charge < -0.3 is 14.7 Å². The van der Waals surface area contributed by atoms with E-state index in [-0.39, 0.29) is 12.3 Å². The minimum absolute atomic E-state index is 0.0386.